The minimum absolute atomic E-state index is 0.250. The highest BCUT2D eigenvalue weighted by atomic mass is 16.5. The van der Waals surface area contributed by atoms with Gasteiger partial charge in [0, 0.05) is 7.11 Å². The van der Waals surface area contributed by atoms with Crippen LogP contribution in [-0.2, 0) is 10.3 Å². The molecule has 0 fully saturated rings. The molecule has 0 spiro atoms. The average Bonchev–Trinajstić information content (AvgIpc) is 2.18. The lowest BCUT2D eigenvalue weighted by atomic mass is 9.89. The van der Waals surface area contributed by atoms with Crippen molar-refractivity contribution in [2.24, 2.45) is 5.73 Å². The summed E-state index contributed by atoms with van der Waals surface area (Å²) in [5.41, 5.74) is 7.83. The highest BCUT2D eigenvalue weighted by Crippen LogP contribution is 2.30. The summed E-state index contributed by atoms with van der Waals surface area (Å²) in [6, 6.07) is 8.28. The minimum atomic E-state index is -0.250. The number of benzene rings is 1. The quantitative estimate of drug-likeness (QED) is 0.795. The molecule has 1 rings (SSSR count). The zero-order chi connectivity index (χ0) is 10.6. The van der Waals surface area contributed by atoms with E-state index in [1.807, 2.05) is 12.1 Å². The van der Waals surface area contributed by atoms with Crippen LogP contribution in [0, 0.1) is 6.92 Å². The molecular weight excluding hydrogens is 174 g/mol. The molecule has 0 radical (unpaired) electrons. The van der Waals surface area contributed by atoms with E-state index in [1.54, 1.807) is 7.11 Å². The first-order valence-electron chi connectivity index (χ1n) is 4.95. The second-order valence-corrected chi connectivity index (χ2v) is 3.79. The summed E-state index contributed by atoms with van der Waals surface area (Å²) in [7, 11) is 1.74. The normalized spacial score (nSPS) is 15.1. The van der Waals surface area contributed by atoms with Crippen LogP contribution < -0.4 is 5.73 Å². The van der Waals surface area contributed by atoms with Crippen molar-refractivity contribution in [2.45, 2.75) is 25.9 Å². The zero-order valence-corrected chi connectivity index (χ0v) is 9.21. The van der Waals surface area contributed by atoms with Gasteiger partial charge in [-0.3, -0.25) is 0 Å². The van der Waals surface area contributed by atoms with Crippen LogP contribution in [-0.4, -0.2) is 13.7 Å². The third-order valence-electron chi connectivity index (χ3n) is 2.79. The Morgan fingerprint density at radius 3 is 2.50 bits per heavy atom. The number of nitrogens with two attached hydrogens (primary N) is 1. The first kappa shape index (κ1) is 11.2. The van der Waals surface area contributed by atoms with Crippen molar-refractivity contribution in [2.75, 3.05) is 13.7 Å². The Hall–Kier alpha value is -0.860. The summed E-state index contributed by atoms with van der Waals surface area (Å²) in [6.45, 7) is 4.82. The van der Waals surface area contributed by atoms with Crippen LogP contribution in [0.15, 0.2) is 24.3 Å². The molecule has 1 aromatic rings. The van der Waals surface area contributed by atoms with E-state index in [4.69, 9.17) is 10.5 Å². The molecule has 2 nitrogen and oxygen atoms in total. The third-order valence-corrected chi connectivity index (χ3v) is 2.79. The molecule has 1 aromatic carbocycles. The highest BCUT2D eigenvalue weighted by Gasteiger charge is 2.26. The molecule has 0 aliphatic rings. The summed E-state index contributed by atoms with van der Waals surface area (Å²) in [6.07, 6.45) is 0.842. The van der Waals surface area contributed by atoms with Crippen LogP contribution in [0.4, 0.5) is 0 Å². The Kier molecular flexibility index (Phi) is 3.67. The first-order chi connectivity index (χ1) is 6.64. The van der Waals surface area contributed by atoms with Gasteiger partial charge in [0.1, 0.15) is 0 Å². The van der Waals surface area contributed by atoms with E-state index in [9.17, 15) is 0 Å². The summed E-state index contributed by atoms with van der Waals surface area (Å²) in [5, 5.41) is 0. The van der Waals surface area contributed by atoms with E-state index in [-0.39, 0.29) is 5.60 Å². The minimum Gasteiger partial charge on any atom is -0.374 e. The highest BCUT2D eigenvalue weighted by molar-refractivity contribution is 5.30. The smallest absolute Gasteiger partial charge is 0.0914 e. The molecule has 0 bridgehead atoms. The van der Waals surface area contributed by atoms with E-state index in [0.717, 1.165) is 6.42 Å². The second kappa shape index (κ2) is 4.58. The van der Waals surface area contributed by atoms with Crippen molar-refractivity contribution in [1.82, 2.24) is 0 Å². The van der Waals surface area contributed by atoms with Crippen LogP contribution in [0.1, 0.15) is 24.5 Å². The van der Waals surface area contributed by atoms with Crippen molar-refractivity contribution < 1.29 is 4.74 Å². The Bertz CT molecular complexity index is 298. The van der Waals surface area contributed by atoms with E-state index >= 15 is 0 Å². The fraction of sp³-hybridized carbons (Fsp3) is 0.500. The molecule has 0 saturated carbocycles. The van der Waals surface area contributed by atoms with Crippen molar-refractivity contribution in [1.29, 1.82) is 0 Å². The molecular formula is C12H19NO. The molecule has 0 aliphatic carbocycles. The van der Waals surface area contributed by atoms with Gasteiger partial charge in [0.25, 0.3) is 0 Å². The van der Waals surface area contributed by atoms with Gasteiger partial charge in [-0.15, -0.1) is 0 Å². The van der Waals surface area contributed by atoms with Gasteiger partial charge >= 0.3 is 0 Å². The number of hydrogen-bond donors (Lipinski definition) is 1. The van der Waals surface area contributed by atoms with Gasteiger partial charge < -0.3 is 10.5 Å². The van der Waals surface area contributed by atoms with Crippen molar-refractivity contribution in [3.05, 3.63) is 35.4 Å². The van der Waals surface area contributed by atoms with Crippen molar-refractivity contribution in [3.63, 3.8) is 0 Å². The SMILES string of the molecule is COC(C)(CCN)c1ccccc1C. The Labute approximate surface area is 86.1 Å². The van der Waals surface area contributed by atoms with E-state index in [1.165, 1.54) is 11.1 Å². The largest absolute Gasteiger partial charge is 0.374 e. The van der Waals surface area contributed by atoms with E-state index in [2.05, 4.69) is 26.0 Å². The third kappa shape index (κ3) is 2.14. The van der Waals surface area contributed by atoms with Gasteiger partial charge in [0.15, 0.2) is 0 Å². The molecule has 78 valence electrons. The van der Waals surface area contributed by atoms with E-state index < -0.39 is 0 Å². The second-order valence-electron chi connectivity index (χ2n) is 3.79. The van der Waals surface area contributed by atoms with Crippen molar-refractivity contribution in [3.8, 4) is 0 Å². The number of methoxy groups -OCH3 is 1. The molecule has 14 heavy (non-hydrogen) atoms. The van der Waals surface area contributed by atoms with Gasteiger partial charge in [0.05, 0.1) is 5.60 Å². The number of aryl methyl sites for hydroxylation is 1. The topological polar surface area (TPSA) is 35.2 Å². The predicted octanol–water partition coefficient (Wildman–Crippen LogP) is 2.21. The van der Waals surface area contributed by atoms with Gasteiger partial charge in [-0.05, 0) is 37.9 Å². The average molecular weight is 193 g/mol. The number of hydrogen-bond acceptors (Lipinski definition) is 2. The fourth-order valence-electron chi connectivity index (χ4n) is 1.79. The molecule has 0 aliphatic heterocycles. The van der Waals surface area contributed by atoms with Crippen LogP contribution in [0.25, 0.3) is 0 Å². The van der Waals surface area contributed by atoms with Crippen LogP contribution in [0.2, 0.25) is 0 Å². The lowest BCUT2D eigenvalue weighted by Crippen LogP contribution is -2.28. The van der Waals surface area contributed by atoms with Gasteiger partial charge in [-0.1, -0.05) is 24.3 Å². The van der Waals surface area contributed by atoms with Crippen LogP contribution >= 0.6 is 0 Å². The predicted molar refractivity (Wildman–Crippen MR) is 59.2 cm³/mol. The first-order valence-corrected chi connectivity index (χ1v) is 4.95. The molecule has 1 unspecified atom stereocenters. The van der Waals surface area contributed by atoms with Crippen LogP contribution in [0.5, 0.6) is 0 Å². The fourth-order valence-corrected chi connectivity index (χ4v) is 1.79. The molecule has 2 N–H and O–H groups in total. The summed E-state index contributed by atoms with van der Waals surface area (Å²) < 4.78 is 5.57. The molecule has 2 heteroatoms. The zero-order valence-electron chi connectivity index (χ0n) is 9.21. The van der Waals surface area contributed by atoms with Gasteiger partial charge in [-0.2, -0.15) is 0 Å². The molecule has 0 amide bonds. The molecule has 1 atom stereocenters. The molecule has 0 saturated heterocycles. The number of ether oxygens (including phenoxy) is 1. The Balaban J connectivity index is 3.05. The summed E-state index contributed by atoms with van der Waals surface area (Å²) >= 11 is 0. The number of rotatable bonds is 4. The molecule has 0 aromatic heterocycles. The Morgan fingerprint density at radius 2 is 2.00 bits per heavy atom. The van der Waals surface area contributed by atoms with E-state index in [0.29, 0.717) is 6.54 Å². The van der Waals surface area contributed by atoms with Crippen molar-refractivity contribution >= 4 is 0 Å². The van der Waals surface area contributed by atoms with Gasteiger partial charge in [0.2, 0.25) is 0 Å². The summed E-state index contributed by atoms with van der Waals surface area (Å²) in [4.78, 5) is 0. The lowest BCUT2D eigenvalue weighted by Gasteiger charge is -2.29. The van der Waals surface area contributed by atoms with Gasteiger partial charge in [-0.25, -0.2) is 0 Å². The standard InChI is InChI=1S/C12H19NO/c1-10-6-4-5-7-11(10)12(2,14-3)8-9-13/h4-7H,8-9,13H2,1-3H3. The summed E-state index contributed by atoms with van der Waals surface area (Å²) in [5.74, 6) is 0. The van der Waals surface area contributed by atoms with Crippen LogP contribution in [0.3, 0.4) is 0 Å². The molecule has 0 heterocycles. The Morgan fingerprint density at radius 1 is 1.36 bits per heavy atom. The monoisotopic (exact) mass is 193 g/mol. The lowest BCUT2D eigenvalue weighted by molar-refractivity contribution is -0.00389. The maximum absolute atomic E-state index is 5.60. The maximum Gasteiger partial charge on any atom is 0.0914 e. The maximum atomic E-state index is 5.60.